The van der Waals surface area contributed by atoms with Gasteiger partial charge in [0.15, 0.2) is 11.6 Å². The maximum absolute atomic E-state index is 5.68. The molecule has 0 aromatic carbocycles. The van der Waals surface area contributed by atoms with Crippen LogP contribution >= 0.6 is 0 Å². The smallest absolute Gasteiger partial charge is 0.248 e. The van der Waals surface area contributed by atoms with E-state index in [4.69, 9.17) is 4.74 Å². The van der Waals surface area contributed by atoms with Gasteiger partial charge in [-0.05, 0) is 37.8 Å². The highest BCUT2D eigenvalue weighted by molar-refractivity contribution is 5.69. The Balaban J connectivity index is 1.37. The average Bonchev–Trinajstić information content (AvgIpc) is 3.05. The van der Waals surface area contributed by atoms with Gasteiger partial charge in [0, 0.05) is 37.0 Å². The molecule has 1 aliphatic heterocycles. The zero-order valence-corrected chi connectivity index (χ0v) is 13.9. The molecule has 1 saturated heterocycles. The fraction of sp³-hybridized carbons (Fsp3) is 0.471. The molecule has 2 fully saturated rings. The molecule has 1 saturated carbocycles. The Morgan fingerprint density at radius 3 is 3.12 bits per heavy atom. The van der Waals surface area contributed by atoms with Crippen LogP contribution in [0.4, 0.5) is 17.6 Å². The van der Waals surface area contributed by atoms with E-state index in [9.17, 15) is 0 Å². The van der Waals surface area contributed by atoms with Gasteiger partial charge in [-0.2, -0.15) is 10.1 Å². The quantitative estimate of drug-likeness (QED) is 0.639. The van der Waals surface area contributed by atoms with Crippen molar-refractivity contribution >= 4 is 23.1 Å². The maximum atomic E-state index is 5.68. The number of H-pyrrole nitrogens is 1. The van der Waals surface area contributed by atoms with Gasteiger partial charge < -0.3 is 15.4 Å². The summed E-state index contributed by atoms with van der Waals surface area (Å²) in [5.74, 6) is 2.71. The summed E-state index contributed by atoms with van der Waals surface area (Å²) in [4.78, 5) is 4.64. The van der Waals surface area contributed by atoms with Crippen LogP contribution in [0.2, 0.25) is 0 Å². The lowest BCUT2D eigenvalue weighted by molar-refractivity contribution is 0.120. The van der Waals surface area contributed by atoms with Crippen LogP contribution in [0.15, 0.2) is 24.4 Å². The van der Waals surface area contributed by atoms with Crippen molar-refractivity contribution in [3.05, 3.63) is 30.1 Å². The summed E-state index contributed by atoms with van der Waals surface area (Å²) in [5.41, 5.74) is 2.13. The first kappa shape index (κ1) is 14.7. The summed E-state index contributed by atoms with van der Waals surface area (Å²) in [6.07, 6.45) is 6.88. The summed E-state index contributed by atoms with van der Waals surface area (Å²) < 4.78 is 7.50. The number of ether oxygens (including phenoxy) is 1. The third kappa shape index (κ3) is 3.05. The molecule has 3 aromatic heterocycles. The fourth-order valence-corrected chi connectivity index (χ4v) is 3.25. The second-order valence-corrected chi connectivity index (χ2v) is 6.75. The summed E-state index contributed by atoms with van der Waals surface area (Å²) in [5, 5.41) is 18.5. The standard InChI is InChI=1S/C17H21N7O/c1-4-14-16(18-10-12-3-2-8-25-12)20-17(23-24(14)7-1)19-15-9-13(21-22-15)11-5-6-11/h1,4,7,9,11-12H,2-3,5-6,8,10H2,(H3,18,19,20,21,22,23)/t12-/m1/s1. The molecule has 130 valence electrons. The zero-order chi connectivity index (χ0) is 16.6. The number of nitrogens with zero attached hydrogens (tertiary/aromatic N) is 4. The predicted octanol–water partition coefficient (Wildman–Crippen LogP) is 2.66. The van der Waals surface area contributed by atoms with Gasteiger partial charge in [0.05, 0.1) is 6.10 Å². The predicted molar refractivity (Wildman–Crippen MR) is 94.3 cm³/mol. The van der Waals surface area contributed by atoms with E-state index in [-0.39, 0.29) is 6.10 Å². The van der Waals surface area contributed by atoms with Crippen molar-refractivity contribution in [1.29, 1.82) is 0 Å². The molecule has 4 heterocycles. The number of anilines is 3. The Labute approximate surface area is 145 Å². The molecule has 3 aromatic rings. The van der Waals surface area contributed by atoms with Crippen LogP contribution in [-0.2, 0) is 4.74 Å². The van der Waals surface area contributed by atoms with E-state index in [1.807, 2.05) is 28.9 Å². The van der Waals surface area contributed by atoms with E-state index in [0.29, 0.717) is 11.9 Å². The topological polar surface area (TPSA) is 92.2 Å². The third-order valence-corrected chi connectivity index (χ3v) is 4.77. The molecule has 5 rings (SSSR count). The normalized spacial score (nSPS) is 20.2. The van der Waals surface area contributed by atoms with Crippen molar-refractivity contribution in [2.75, 3.05) is 23.8 Å². The molecule has 0 bridgehead atoms. The number of hydrogen-bond acceptors (Lipinski definition) is 6. The van der Waals surface area contributed by atoms with E-state index in [2.05, 4.69) is 30.9 Å². The van der Waals surface area contributed by atoms with Gasteiger partial charge in [0.2, 0.25) is 5.95 Å². The molecule has 8 heteroatoms. The van der Waals surface area contributed by atoms with Gasteiger partial charge in [-0.1, -0.05) is 0 Å². The summed E-state index contributed by atoms with van der Waals surface area (Å²) >= 11 is 0. The van der Waals surface area contributed by atoms with Crippen LogP contribution < -0.4 is 10.6 Å². The average molecular weight is 339 g/mol. The summed E-state index contributed by atoms with van der Waals surface area (Å²) in [6.45, 7) is 1.61. The maximum Gasteiger partial charge on any atom is 0.248 e. The minimum atomic E-state index is 0.258. The number of fused-ring (bicyclic) bond motifs is 1. The van der Waals surface area contributed by atoms with Crippen LogP contribution in [0.5, 0.6) is 0 Å². The van der Waals surface area contributed by atoms with Crippen molar-refractivity contribution in [2.24, 2.45) is 0 Å². The molecule has 8 nitrogen and oxygen atoms in total. The highest BCUT2D eigenvalue weighted by Crippen LogP contribution is 2.39. The minimum absolute atomic E-state index is 0.258. The minimum Gasteiger partial charge on any atom is -0.376 e. The molecule has 0 radical (unpaired) electrons. The lowest BCUT2D eigenvalue weighted by Crippen LogP contribution is -2.20. The highest BCUT2D eigenvalue weighted by atomic mass is 16.5. The Morgan fingerprint density at radius 2 is 2.28 bits per heavy atom. The zero-order valence-electron chi connectivity index (χ0n) is 13.9. The van der Waals surface area contributed by atoms with Crippen LogP contribution in [0.3, 0.4) is 0 Å². The Hall–Kier alpha value is -2.61. The van der Waals surface area contributed by atoms with Crippen molar-refractivity contribution < 1.29 is 4.74 Å². The molecule has 2 aliphatic rings. The fourth-order valence-electron chi connectivity index (χ4n) is 3.25. The van der Waals surface area contributed by atoms with Crippen molar-refractivity contribution in [1.82, 2.24) is 24.8 Å². The van der Waals surface area contributed by atoms with Crippen LogP contribution in [-0.4, -0.2) is 44.1 Å². The van der Waals surface area contributed by atoms with Gasteiger partial charge in [-0.25, -0.2) is 4.52 Å². The van der Waals surface area contributed by atoms with Crippen molar-refractivity contribution in [2.45, 2.75) is 37.7 Å². The molecular formula is C17H21N7O. The third-order valence-electron chi connectivity index (χ3n) is 4.77. The molecule has 1 aliphatic carbocycles. The number of rotatable bonds is 6. The first-order valence-corrected chi connectivity index (χ1v) is 8.88. The van der Waals surface area contributed by atoms with Crippen molar-refractivity contribution in [3.8, 4) is 0 Å². The highest BCUT2D eigenvalue weighted by Gasteiger charge is 2.25. The first-order chi connectivity index (χ1) is 12.3. The number of aromatic amines is 1. The van der Waals surface area contributed by atoms with Gasteiger partial charge >= 0.3 is 0 Å². The van der Waals surface area contributed by atoms with Crippen LogP contribution in [0.25, 0.3) is 5.52 Å². The van der Waals surface area contributed by atoms with E-state index in [1.165, 1.54) is 18.5 Å². The van der Waals surface area contributed by atoms with E-state index < -0.39 is 0 Å². The van der Waals surface area contributed by atoms with E-state index in [0.717, 1.165) is 43.1 Å². The van der Waals surface area contributed by atoms with Gasteiger partial charge in [-0.3, -0.25) is 5.10 Å². The first-order valence-electron chi connectivity index (χ1n) is 8.88. The van der Waals surface area contributed by atoms with Crippen LogP contribution in [0, 0.1) is 0 Å². The number of aromatic nitrogens is 5. The monoisotopic (exact) mass is 339 g/mol. The van der Waals surface area contributed by atoms with E-state index >= 15 is 0 Å². The van der Waals surface area contributed by atoms with Gasteiger partial charge in [-0.15, -0.1) is 5.10 Å². The van der Waals surface area contributed by atoms with Crippen LogP contribution in [0.1, 0.15) is 37.3 Å². The van der Waals surface area contributed by atoms with E-state index in [1.54, 1.807) is 0 Å². The second-order valence-electron chi connectivity index (χ2n) is 6.75. The lowest BCUT2D eigenvalue weighted by atomic mass is 10.2. The summed E-state index contributed by atoms with van der Waals surface area (Å²) in [7, 11) is 0. The largest absolute Gasteiger partial charge is 0.376 e. The molecule has 0 unspecified atom stereocenters. The molecule has 25 heavy (non-hydrogen) atoms. The summed E-state index contributed by atoms with van der Waals surface area (Å²) in [6, 6.07) is 6.01. The molecule has 0 amide bonds. The number of nitrogens with one attached hydrogen (secondary N) is 3. The van der Waals surface area contributed by atoms with Gasteiger partial charge in [0.25, 0.3) is 0 Å². The molecule has 0 spiro atoms. The molecular weight excluding hydrogens is 318 g/mol. The van der Waals surface area contributed by atoms with Gasteiger partial charge in [0.1, 0.15) is 5.52 Å². The molecule has 3 N–H and O–H groups in total. The Bertz CT molecular complexity index is 876. The number of hydrogen-bond donors (Lipinski definition) is 3. The molecule has 1 atom stereocenters. The lowest BCUT2D eigenvalue weighted by Gasteiger charge is -2.13. The Kier molecular flexibility index (Phi) is 3.55. The SMILES string of the molecule is c1cc2c(NC[C@H]3CCCO3)nc(Nc3cc(C4CC4)[nH]n3)nn2c1. The van der Waals surface area contributed by atoms with Crippen molar-refractivity contribution in [3.63, 3.8) is 0 Å². The second kappa shape index (κ2) is 6.03. The Morgan fingerprint density at radius 1 is 1.32 bits per heavy atom.